The average Bonchev–Trinajstić information content (AvgIpc) is 2.99. The van der Waals surface area contributed by atoms with Crippen LogP contribution < -0.4 is 0 Å². The third kappa shape index (κ3) is 3.76. The molecule has 0 radical (unpaired) electrons. The molecule has 0 aliphatic carbocycles. The number of imidazole rings is 1. The van der Waals surface area contributed by atoms with Gasteiger partial charge in [0.25, 0.3) is 0 Å². The van der Waals surface area contributed by atoms with Crippen molar-refractivity contribution in [3.05, 3.63) is 29.6 Å². The number of hydrogen-bond donors (Lipinski definition) is 1. The van der Waals surface area contributed by atoms with E-state index in [1.807, 2.05) is 39.1 Å². The standard InChI is InChI=1S/C18H26N4O2/c1-13-5-4-6-15-17(13)20-16(19-15)12-21(3)18(23)14(2)11-22-7-9-24-10-8-22/h4-6,14H,7-12H2,1-3H3,(H,19,20)/t14-/m1/s1. The molecule has 130 valence electrons. The summed E-state index contributed by atoms with van der Waals surface area (Å²) in [7, 11) is 1.85. The second-order valence-electron chi connectivity index (χ2n) is 6.66. The number of aryl methyl sites for hydroxylation is 1. The number of fused-ring (bicyclic) bond motifs is 1. The molecule has 0 spiro atoms. The van der Waals surface area contributed by atoms with Gasteiger partial charge in [-0.2, -0.15) is 0 Å². The van der Waals surface area contributed by atoms with Crippen molar-refractivity contribution >= 4 is 16.9 Å². The molecule has 1 fully saturated rings. The van der Waals surface area contributed by atoms with Crippen LogP contribution in [0.1, 0.15) is 18.3 Å². The molecule has 1 aliphatic heterocycles. The number of morpholine rings is 1. The first-order chi connectivity index (χ1) is 11.5. The van der Waals surface area contributed by atoms with Crippen LogP contribution in [0.2, 0.25) is 0 Å². The van der Waals surface area contributed by atoms with Crippen LogP contribution in [0.4, 0.5) is 0 Å². The Labute approximate surface area is 142 Å². The molecule has 1 aromatic carbocycles. The van der Waals surface area contributed by atoms with Gasteiger partial charge in [0.2, 0.25) is 5.91 Å². The number of hydrogen-bond acceptors (Lipinski definition) is 4. The molecule has 0 saturated carbocycles. The van der Waals surface area contributed by atoms with E-state index in [1.165, 1.54) is 0 Å². The second kappa shape index (κ2) is 7.32. The molecule has 2 aromatic rings. The summed E-state index contributed by atoms with van der Waals surface area (Å²) in [4.78, 5) is 24.6. The molecule has 6 nitrogen and oxygen atoms in total. The first-order valence-corrected chi connectivity index (χ1v) is 8.54. The largest absolute Gasteiger partial charge is 0.379 e. The topological polar surface area (TPSA) is 61.5 Å². The fraction of sp³-hybridized carbons (Fsp3) is 0.556. The maximum atomic E-state index is 12.6. The highest BCUT2D eigenvalue weighted by atomic mass is 16.5. The summed E-state index contributed by atoms with van der Waals surface area (Å²) < 4.78 is 5.36. The van der Waals surface area contributed by atoms with Gasteiger partial charge in [-0.05, 0) is 18.6 Å². The SMILES string of the molecule is Cc1cccc2[nH]c(CN(C)C(=O)[C@H](C)CN3CCOCC3)nc12. The van der Waals surface area contributed by atoms with Crippen LogP contribution >= 0.6 is 0 Å². The van der Waals surface area contributed by atoms with Crippen LogP contribution in [0.15, 0.2) is 18.2 Å². The first-order valence-electron chi connectivity index (χ1n) is 8.54. The molecule has 0 unspecified atom stereocenters. The Balaban J connectivity index is 1.61. The third-order valence-corrected chi connectivity index (χ3v) is 4.58. The molecule has 6 heteroatoms. The van der Waals surface area contributed by atoms with Crippen molar-refractivity contribution in [2.45, 2.75) is 20.4 Å². The molecule has 1 atom stereocenters. The normalized spacial score (nSPS) is 17.1. The van der Waals surface area contributed by atoms with E-state index in [0.29, 0.717) is 6.54 Å². The molecular weight excluding hydrogens is 304 g/mol. The van der Waals surface area contributed by atoms with Gasteiger partial charge in [-0.15, -0.1) is 0 Å². The number of rotatable bonds is 5. The lowest BCUT2D eigenvalue weighted by Gasteiger charge is -2.30. The highest BCUT2D eigenvalue weighted by Gasteiger charge is 2.22. The van der Waals surface area contributed by atoms with Gasteiger partial charge in [0.15, 0.2) is 0 Å². The summed E-state index contributed by atoms with van der Waals surface area (Å²) >= 11 is 0. The van der Waals surface area contributed by atoms with Crippen molar-refractivity contribution in [3.63, 3.8) is 0 Å². The van der Waals surface area contributed by atoms with E-state index in [2.05, 4.69) is 14.9 Å². The Kier molecular flexibility index (Phi) is 5.16. The van der Waals surface area contributed by atoms with Gasteiger partial charge in [-0.1, -0.05) is 19.1 Å². The van der Waals surface area contributed by atoms with E-state index in [9.17, 15) is 4.79 Å². The number of benzene rings is 1. The van der Waals surface area contributed by atoms with E-state index >= 15 is 0 Å². The smallest absolute Gasteiger partial charge is 0.226 e. The average molecular weight is 330 g/mol. The zero-order valence-corrected chi connectivity index (χ0v) is 14.7. The Bertz CT molecular complexity index is 706. The van der Waals surface area contributed by atoms with Crippen LogP contribution in [0, 0.1) is 12.8 Å². The maximum Gasteiger partial charge on any atom is 0.226 e. The van der Waals surface area contributed by atoms with Crippen molar-refractivity contribution in [2.75, 3.05) is 39.9 Å². The number of amides is 1. The van der Waals surface area contributed by atoms with Crippen molar-refractivity contribution in [3.8, 4) is 0 Å². The molecule has 1 aliphatic rings. The quantitative estimate of drug-likeness (QED) is 0.908. The number of nitrogens with zero attached hydrogens (tertiary/aromatic N) is 3. The molecule has 1 saturated heterocycles. The molecule has 1 amide bonds. The number of carbonyl (C=O) groups is 1. The lowest BCUT2D eigenvalue weighted by Crippen LogP contribution is -2.43. The molecule has 1 aromatic heterocycles. The maximum absolute atomic E-state index is 12.6. The van der Waals surface area contributed by atoms with E-state index in [1.54, 1.807) is 4.90 Å². The number of ether oxygens (including phenoxy) is 1. The fourth-order valence-electron chi connectivity index (χ4n) is 3.23. The van der Waals surface area contributed by atoms with Crippen molar-refractivity contribution in [1.82, 2.24) is 19.8 Å². The van der Waals surface area contributed by atoms with Gasteiger partial charge in [0.05, 0.1) is 30.8 Å². The van der Waals surface area contributed by atoms with Gasteiger partial charge in [0.1, 0.15) is 5.82 Å². The lowest BCUT2D eigenvalue weighted by atomic mass is 10.1. The van der Waals surface area contributed by atoms with Crippen LogP contribution in [0.3, 0.4) is 0 Å². The number of aromatic nitrogens is 2. The van der Waals surface area contributed by atoms with Gasteiger partial charge < -0.3 is 14.6 Å². The summed E-state index contributed by atoms with van der Waals surface area (Å²) in [5.41, 5.74) is 3.14. The van der Waals surface area contributed by atoms with Crippen molar-refractivity contribution < 1.29 is 9.53 Å². The van der Waals surface area contributed by atoms with Gasteiger partial charge in [-0.3, -0.25) is 9.69 Å². The molecule has 2 heterocycles. The summed E-state index contributed by atoms with van der Waals surface area (Å²) in [6, 6.07) is 6.08. The van der Waals surface area contributed by atoms with Crippen LogP contribution in [-0.4, -0.2) is 65.6 Å². The summed E-state index contributed by atoms with van der Waals surface area (Å²) in [5, 5.41) is 0. The Hall–Kier alpha value is -1.92. The Morgan fingerprint density at radius 3 is 2.88 bits per heavy atom. The third-order valence-electron chi connectivity index (χ3n) is 4.58. The number of para-hydroxylation sites is 1. The van der Waals surface area contributed by atoms with E-state index in [4.69, 9.17) is 4.74 Å². The predicted molar refractivity (Wildman–Crippen MR) is 93.7 cm³/mol. The first kappa shape index (κ1) is 16.9. The zero-order chi connectivity index (χ0) is 17.1. The molecule has 0 bridgehead atoms. The second-order valence-corrected chi connectivity index (χ2v) is 6.66. The highest BCUT2D eigenvalue weighted by molar-refractivity contribution is 5.80. The monoisotopic (exact) mass is 330 g/mol. The minimum Gasteiger partial charge on any atom is -0.379 e. The summed E-state index contributed by atoms with van der Waals surface area (Å²) in [6.45, 7) is 8.66. The van der Waals surface area contributed by atoms with Crippen molar-refractivity contribution in [2.24, 2.45) is 5.92 Å². The van der Waals surface area contributed by atoms with Crippen LogP contribution in [0.5, 0.6) is 0 Å². The number of nitrogens with one attached hydrogen (secondary N) is 1. The number of H-pyrrole nitrogens is 1. The highest BCUT2D eigenvalue weighted by Crippen LogP contribution is 2.16. The summed E-state index contributed by atoms with van der Waals surface area (Å²) in [5.74, 6) is 0.951. The predicted octanol–water partition coefficient (Wildman–Crippen LogP) is 1.80. The van der Waals surface area contributed by atoms with Crippen molar-refractivity contribution in [1.29, 1.82) is 0 Å². The van der Waals surface area contributed by atoms with Crippen LogP contribution in [-0.2, 0) is 16.1 Å². The van der Waals surface area contributed by atoms with Gasteiger partial charge >= 0.3 is 0 Å². The molecular formula is C18H26N4O2. The zero-order valence-electron chi connectivity index (χ0n) is 14.7. The Morgan fingerprint density at radius 1 is 1.42 bits per heavy atom. The molecule has 24 heavy (non-hydrogen) atoms. The van der Waals surface area contributed by atoms with E-state index in [-0.39, 0.29) is 11.8 Å². The van der Waals surface area contributed by atoms with Gasteiger partial charge in [0, 0.05) is 32.6 Å². The van der Waals surface area contributed by atoms with Gasteiger partial charge in [-0.25, -0.2) is 4.98 Å². The lowest BCUT2D eigenvalue weighted by molar-refractivity contribution is -0.135. The fourth-order valence-corrected chi connectivity index (χ4v) is 3.23. The number of carbonyl (C=O) groups excluding carboxylic acids is 1. The minimum absolute atomic E-state index is 0.0285. The molecule has 1 N–H and O–H groups in total. The molecule has 3 rings (SSSR count). The Morgan fingerprint density at radius 2 is 2.17 bits per heavy atom. The minimum atomic E-state index is -0.0285. The van der Waals surface area contributed by atoms with E-state index in [0.717, 1.165) is 55.3 Å². The summed E-state index contributed by atoms with van der Waals surface area (Å²) in [6.07, 6.45) is 0. The number of aromatic amines is 1. The van der Waals surface area contributed by atoms with Crippen LogP contribution in [0.25, 0.3) is 11.0 Å². The van der Waals surface area contributed by atoms with E-state index < -0.39 is 0 Å².